The summed E-state index contributed by atoms with van der Waals surface area (Å²) in [7, 11) is 0. The molecule has 0 aromatic rings. The highest BCUT2D eigenvalue weighted by molar-refractivity contribution is 6.04. The van der Waals surface area contributed by atoms with E-state index in [0.717, 1.165) is 18.6 Å². The van der Waals surface area contributed by atoms with Gasteiger partial charge in [-0.2, -0.15) is 0 Å². The molecule has 0 aliphatic heterocycles. The quantitative estimate of drug-likeness (QED) is 0.346. The summed E-state index contributed by atoms with van der Waals surface area (Å²) in [5, 5.41) is 0.763. The van der Waals surface area contributed by atoms with Crippen LogP contribution in [-0.4, -0.2) is 47.4 Å². The smallest absolute Gasteiger partial charge is 0.307 e. The van der Waals surface area contributed by atoms with Gasteiger partial charge in [-0.05, 0) is 37.1 Å². The average molecular weight is 398 g/mol. The van der Waals surface area contributed by atoms with Crippen LogP contribution in [0.3, 0.4) is 0 Å². The number of carbonyl (C=O) groups is 4. The third kappa shape index (κ3) is 5.64. The van der Waals surface area contributed by atoms with Crippen molar-refractivity contribution in [1.29, 1.82) is 0 Å². The zero-order valence-electron chi connectivity index (χ0n) is 16.2. The molecule has 1 saturated carbocycles. The summed E-state index contributed by atoms with van der Waals surface area (Å²) in [6.45, 7) is 9.69. The molecular weight excluding hydrogens is 372 g/mol. The summed E-state index contributed by atoms with van der Waals surface area (Å²) in [6.07, 6.45) is 3.90. The third-order valence-electron chi connectivity index (χ3n) is 4.03. The van der Waals surface area contributed by atoms with Crippen LogP contribution in [0.1, 0.15) is 46.0 Å². The van der Waals surface area contributed by atoms with Crippen LogP contribution in [0.25, 0.3) is 0 Å². The molecule has 0 unspecified atom stereocenters. The number of rotatable bonds is 8. The van der Waals surface area contributed by atoms with Gasteiger partial charge in [0, 0.05) is 12.2 Å². The van der Waals surface area contributed by atoms with Gasteiger partial charge in [0.25, 0.3) is 0 Å². The van der Waals surface area contributed by atoms with Crippen molar-refractivity contribution in [2.75, 3.05) is 13.2 Å². The van der Waals surface area contributed by atoms with Crippen LogP contribution in [0.2, 0.25) is 0 Å². The SMILES string of the molecule is C=CC(=O)ON(OCC)C(=O)C1(C(=O)N(OCC)OC(=O)C=C)CCCCC1. The monoisotopic (exact) mass is 398 g/mol. The molecule has 0 aromatic heterocycles. The van der Waals surface area contributed by atoms with Gasteiger partial charge in [-0.3, -0.25) is 9.59 Å². The van der Waals surface area contributed by atoms with Gasteiger partial charge in [0.1, 0.15) is 5.41 Å². The van der Waals surface area contributed by atoms with E-state index in [1.165, 1.54) is 0 Å². The van der Waals surface area contributed by atoms with Crippen LogP contribution in [-0.2, 0) is 38.5 Å². The first kappa shape index (κ1) is 23.3. The Balaban J connectivity index is 3.25. The number of carbonyl (C=O) groups excluding carboxylic acids is 4. The highest BCUT2D eigenvalue weighted by Crippen LogP contribution is 2.40. The largest absolute Gasteiger partial charge is 0.358 e. The number of hydrogen-bond acceptors (Lipinski definition) is 8. The molecule has 2 amide bonds. The molecule has 0 aromatic carbocycles. The first-order valence-corrected chi connectivity index (χ1v) is 8.99. The van der Waals surface area contributed by atoms with E-state index in [2.05, 4.69) is 13.2 Å². The van der Waals surface area contributed by atoms with Crippen LogP contribution in [0.5, 0.6) is 0 Å². The minimum absolute atomic E-state index is 0.00105. The maximum atomic E-state index is 13.2. The molecule has 0 bridgehead atoms. The zero-order chi connectivity index (χ0) is 21.2. The lowest BCUT2D eigenvalue weighted by Crippen LogP contribution is -2.55. The predicted molar refractivity (Wildman–Crippen MR) is 95.0 cm³/mol. The second kappa shape index (κ2) is 11.2. The summed E-state index contributed by atoms with van der Waals surface area (Å²) in [5.74, 6) is -3.65. The van der Waals surface area contributed by atoms with Crippen molar-refractivity contribution < 1.29 is 38.5 Å². The Morgan fingerprint density at radius 2 is 1.21 bits per heavy atom. The minimum atomic E-state index is -1.69. The number of hydrogen-bond donors (Lipinski definition) is 0. The Bertz CT molecular complexity index is 567. The molecule has 10 heteroatoms. The summed E-state index contributed by atoms with van der Waals surface area (Å²) in [5.41, 5.74) is -1.69. The molecule has 0 radical (unpaired) electrons. The van der Waals surface area contributed by atoms with Crippen molar-refractivity contribution in [3.05, 3.63) is 25.3 Å². The van der Waals surface area contributed by atoms with E-state index >= 15 is 0 Å². The molecule has 1 rings (SSSR count). The van der Waals surface area contributed by atoms with Gasteiger partial charge in [-0.25, -0.2) is 19.3 Å². The van der Waals surface area contributed by atoms with Crippen molar-refractivity contribution in [3.8, 4) is 0 Å². The second-order valence-electron chi connectivity index (χ2n) is 5.83. The molecule has 10 nitrogen and oxygen atoms in total. The van der Waals surface area contributed by atoms with E-state index < -0.39 is 29.2 Å². The summed E-state index contributed by atoms with van der Waals surface area (Å²) in [6, 6.07) is 0. The average Bonchev–Trinajstić information content (AvgIpc) is 2.72. The van der Waals surface area contributed by atoms with Crippen LogP contribution in [0.15, 0.2) is 25.3 Å². The summed E-state index contributed by atoms with van der Waals surface area (Å²) in [4.78, 5) is 69.4. The first-order valence-electron chi connectivity index (χ1n) is 8.99. The summed E-state index contributed by atoms with van der Waals surface area (Å²) >= 11 is 0. The number of hydroxylamine groups is 4. The van der Waals surface area contributed by atoms with E-state index in [4.69, 9.17) is 19.4 Å². The van der Waals surface area contributed by atoms with Gasteiger partial charge in [0.2, 0.25) is 0 Å². The van der Waals surface area contributed by atoms with Crippen molar-refractivity contribution in [1.82, 2.24) is 10.5 Å². The Kier molecular flexibility index (Phi) is 9.33. The third-order valence-corrected chi connectivity index (χ3v) is 4.03. The zero-order valence-corrected chi connectivity index (χ0v) is 16.2. The highest BCUT2D eigenvalue weighted by atomic mass is 17.0. The second-order valence-corrected chi connectivity index (χ2v) is 5.83. The molecule has 0 saturated heterocycles. The number of nitrogens with zero attached hydrogens (tertiary/aromatic N) is 2. The molecule has 1 aliphatic carbocycles. The van der Waals surface area contributed by atoms with Gasteiger partial charge in [0.15, 0.2) is 0 Å². The summed E-state index contributed by atoms with van der Waals surface area (Å²) < 4.78 is 0. The lowest BCUT2D eigenvalue weighted by molar-refractivity contribution is -0.336. The van der Waals surface area contributed by atoms with E-state index in [1.807, 2.05) is 0 Å². The molecule has 0 spiro atoms. The maximum Gasteiger partial charge on any atom is 0.358 e. The molecule has 156 valence electrons. The van der Waals surface area contributed by atoms with Crippen molar-refractivity contribution in [2.24, 2.45) is 5.41 Å². The molecule has 1 aliphatic rings. The normalized spacial score (nSPS) is 15.1. The standard InChI is InChI=1S/C18H26N2O8/c1-5-14(21)27-19(25-7-3)16(23)18(12-10-9-11-13-18)17(24)20(26-8-4)28-15(22)6-2/h5-6H,1-2,7-13H2,3-4H3. The molecule has 28 heavy (non-hydrogen) atoms. The molecular formula is C18H26N2O8. The predicted octanol–water partition coefficient (Wildman–Crippen LogP) is 1.79. The van der Waals surface area contributed by atoms with Gasteiger partial charge in [0.05, 0.1) is 13.2 Å². The van der Waals surface area contributed by atoms with Gasteiger partial charge >= 0.3 is 23.8 Å². The van der Waals surface area contributed by atoms with Gasteiger partial charge in [-0.1, -0.05) is 32.4 Å². The van der Waals surface area contributed by atoms with E-state index in [-0.39, 0.29) is 26.1 Å². The van der Waals surface area contributed by atoms with Crippen molar-refractivity contribution in [2.45, 2.75) is 46.0 Å². The highest BCUT2D eigenvalue weighted by Gasteiger charge is 2.54. The van der Waals surface area contributed by atoms with Crippen LogP contribution < -0.4 is 0 Å². The van der Waals surface area contributed by atoms with Gasteiger partial charge in [-0.15, -0.1) is 0 Å². The molecule has 0 N–H and O–H groups in total. The van der Waals surface area contributed by atoms with Crippen molar-refractivity contribution in [3.63, 3.8) is 0 Å². The van der Waals surface area contributed by atoms with E-state index in [0.29, 0.717) is 23.3 Å². The van der Waals surface area contributed by atoms with Crippen LogP contribution in [0.4, 0.5) is 0 Å². The lowest BCUT2D eigenvalue weighted by Gasteiger charge is -2.37. The lowest BCUT2D eigenvalue weighted by atomic mass is 9.72. The van der Waals surface area contributed by atoms with Gasteiger partial charge < -0.3 is 9.68 Å². The Labute approximate surface area is 163 Å². The fourth-order valence-corrected chi connectivity index (χ4v) is 2.75. The maximum absolute atomic E-state index is 13.2. The van der Waals surface area contributed by atoms with Crippen LogP contribution >= 0.6 is 0 Å². The molecule has 0 atom stereocenters. The fraction of sp³-hybridized carbons (Fsp3) is 0.556. The number of amides is 2. The Morgan fingerprint density at radius 1 is 0.821 bits per heavy atom. The Morgan fingerprint density at radius 3 is 1.54 bits per heavy atom. The van der Waals surface area contributed by atoms with E-state index in [1.54, 1.807) is 13.8 Å². The van der Waals surface area contributed by atoms with Crippen molar-refractivity contribution >= 4 is 23.8 Å². The topological polar surface area (TPSA) is 112 Å². The molecule has 0 heterocycles. The Hall–Kier alpha value is -2.72. The van der Waals surface area contributed by atoms with E-state index in [9.17, 15) is 19.2 Å². The van der Waals surface area contributed by atoms with Crippen LogP contribution in [0, 0.1) is 5.41 Å². The first-order chi connectivity index (χ1) is 13.4. The minimum Gasteiger partial charge on any atom is -0.307 e. The molecule has 1 fully saturated rings. The fourth-order valence-electron chi connectivity index (χ4n) is 2.75.